The molecule has 2 aromatic carbocycles. The van der Waals surface area contributed by atoms with Crippen molar-refractivity contribution in [1.82, 2.24) is 25.5 Å². The van der Waals surface area contributed by atoms with Crippen molar-refractivity contribution in [2.75, 3.05) is 51.6 Å². The third kappa shape index (κ3) is 7.11. The lowest BCUT2D eigenvalue weighted by atomic mass is 10.0. The van der Waals surface area contributed by atoms with Crippen molar-refractivity contribution in [2.45, 2.75) is 25.4 Å². The Morgan fingerprint density at radius 3 is 2.58 bits per heavy atom. The fourth-order valence-corrected chi connectivity index (χ4v) is 5.03. The summed E-state index contributed by atoms with van der Waals surface area (Å²) in [6.45, 7) is 2.21. The molecule has 3 heterocycles. The minimum absolute atomic E-state index is 0.0572. The van der Waals surface area contributed by atoms with E-state index in [0.717, 1.165) is 10.9 Å². The van der Waals surface area contributed by atoms with E-state index >= 15 is 0 Å². The van der Waals surface area contributed by atoms with E-state index < -0.39 is 23.8 Å². The summed E-state index contributed by atoms with van der Waals surface area (Å²) < 4.78 is 15.9. The molecule has 0 spiro atoms. The molecule has 226 valence electrons. The number of imide groups is 1. The molecule has 3 aromatic rings. The number of fused-ring (bicyclic) bond motifs is 2. The molecule has 5 N–H and O–H groups in total. The zero-order valence-electron chi connectivity index (χ0n) is 23.5. The van der Waals surface area contributed by atoms with E-state index in [1.807, 2.05) is 24.3 Å². The number of para-hydroxylation sites is 1. The van der Waals surface area contributed by atoms with Gasteiger partial charge in [0.1, 0.15) is 18.2 Å². The quantitative estimate of drug-likeness (QED) is 0.118. The monoisotopic (exact) mass is 591 g/mol. The van der Waals surface area contributed by atoms with Crippen LogP contribution in [0.5, 0.6) is 0 Å². The molecule has 0 radical (unpaired) electrons. The molecule has 14 heteroatoms. The second-order valence-corrected chi connectivity index (χ2v) is 9.87. The number of rotatable bonds is 14. The number of hydrogen-bond acceptors (Lipinski definition) is 11. The van der Waals surface area contributed by atoms with Crippen LogP contribution in [0.25, 0.3) is 10.9 Å². The van der Waals surface area contributed by atoms with Crippen LogP contribution in [0.3, 0.4) is 0 Å². The molecule has 0 bridgehead atoms. The minimum atomic E-state index is -0.812. The van der Waals surface area contributed by atoms with Crippen LogP contribution in [0, 0.1) is 0 Å². The van der Waals surface area contributed by atoms with Crippen molar-refractivity contribution in [1.29, 1.82) is 0 Å². The summed E-state index contributed by atoms with van der Waals surface area (Å²) in [5, 5.41) is 9.14. The molecule has 2 aliphatic rings. The highest BCUT2D eigenvalue weighted by Crippen LogP contribution is 2.34. The lowest BCUT2D eigenvalue weighted by Crippen LogP contribution is -2.52. The molecule has 1 atom stereocenters. The molecule has 2 aliphatic heterocycles. The zero-order valence-corrected chi connectivity index (χ0v) is 23.5. The van der Waals surface area contributed by atoms with E-state index in [9.17, 15) is 19.2 Å². The maximum Gasteiger partial charge on any atom is 0.255 e. The predicted molar refractivity (Wildman–Crippen MR) is 154 cm³/mol. The summed E-state index contributed by atoms with van der Waals surface area (Å²) in [5.41, 5.74) is 7.53. The average Bonchev–Trinajstić information content (AvgIpc) is 3.33. The van der Waals surface area contributed by atoms with Gasteiger partial charge in [-0.15, -0.1) is 0 Å². The number of amides is 4. The summed E-state index contributed by atoms with van der Waals surface area (Å²) in [7, 11) is 0. The van der Waals surface area contributed by atoms with Crippen LogP contribution in [0.2, 0.25) is 0 Å². The van der Waals surface area contributed by atoms with Gasteiger partial charge in [-0.1, -0.05) is 12.1 Å². The number of hydrogen-bond donors (Lipinski definition) is 4. The number of carbonyl (C=O) groups excluding carboxylic acids is 4. The number of nitrogens with zero attached hydrogens (tertiary/aromatic N) is 3. The summed E-state index contributed by atoms with van der Waals surface area (Å²) in [4.78, 5) is 61.4. The molecule has 14 nitrogen and oxygen atoms in total. The van der Waals surface area contributed by atoms with Gasteiger partial charge in [-0.3, -0.25) is 24.5 Å². The molecular formula is C29H33N7O7. The van der Waals surface area contributed by atoms with Crippen LogP contribution in [0.4, 0.5) is 11.5 Å². The van der Waals surface area contributed by atoms with E-state index in [2.05, 4.69) is 25.9 Å². The Hall–Kier alpha value is -4.50. The molecule has 1 unspecified atom stereocenters. The van der Waals surface area contributed by atoms with Gasteiger partial charge in [0.05, 0.1) is 45.3 Å². The second kappa shape index (κ2) is 14.1. The number of benzene rings is 2. The van der Waals surface area contributed by atoms with Gasteiger partial charge in [0.25, 0.3) is 11.8 Å². The summed E-state index contributed by atoms with van der Waals surface area (Å²) in [5.74, 6) is -1.18. The topological polar surface area (TPSA) is 187 Å². The molecule has 0 aliphatic carbocycles. The highest BCUT2D eigenvalue weighted by atomic mass is 16.5. The molecule has 1 aromatic heterocycles. The first-order valence-corrected chi connectivity index (χ1v) is 14.0. The van der Waals surface area contributed by atoms with Gasteiger partial charge >= 0.3 is 0 Å². The number of ether oxygens (including phenoxy) is 3. The Morgan fingerprint density at radius 2 is 1.79 bits per heavy atom. The van der Waals surface area contributed by atoms with Gasteiger partial charge in [-0.05, 0) is 36.2 Å². The fourth-order valence-electron chi connectivity index (χ4n) is 5.03. The third-order valence-corrected chi connectivity index (χ3v) is 7.10. The number of piperidine rings is 1. The number of anilines is 2. The number of carbonyl (C=O) groups is 4. The van der Waals surface area contributed by atoms with Crippen LogP contribution in [-0.4, -0.2) is 90.8 Å². The van der Waals surface area contributed by atoms with Crippen molar-refractivity contribution in [3.8, 4) is 0 Å². The maximum atomic E-state index is 13.6. The first kappa shape index (κ1) is 30.0. The number of nitrogens with two attached hydrogens (primary N) is 1. The van der Waals surface area contributed by atoms with Gasteiger partial charge in [0.2, 0.25) is 11.8 Å². The van der Waals surface area contributed by atoms with Crippen LogP contribution < -0.4 is 21.7 Å². The lowest BCUT2D eigenvalue weighted by molar-refractivity contribution is -0.136. The smallest absolute Gasteiger partial charge is 0.255 e. The van der Waals surface area contributed by atoms with Crippen LogP contribution in [0.1, 0.15) is 39.1 Å². The highest BCUT2D eigenvalue weighted by Gasteiger charge is 2.40. The summed E-state index contributed by atoms with van der Waals surface area (Å²) in [6.07, 6.45) is 1.77. The Kier molecular flexibility index (Phi) is 9.84. The minimum Gasteiger partial charge on any atom is -0.377 e. The first-order chi connectivity index (χ1) is 21.0. The largest absolute Gasteiger partial charge is 0.377 e. The van der Waals surface area contributed by atoms with E-state index in [1.54, 1.807) is 12.1 Å². The van der Waals surface area contributed by atoms with Crippen molar-refractivity contribution >= 4 is 46.0 Å². The van der Waals surface area contributed by atoms with Gasteiger partial charge in [-0.25, -0.2) is 9.97 Å². The SMILES string of the molecule is NCOCCOCCOCCNC(=O)c1cc(Nc2ncnc3ccccc23)cc2c1CN(C1CCC(=O)NC1=O)C2=O. The third-order valence-electron chi connectivity index (χ3n) is 7.10. The molecule has 1 saturated heterocycles. The number of nitrogens with one attached hydrogen (secondary N) is 3. The molecule has 1 fully saturated rings. The fraction of sp³-hybridized carbons (Fsp3) is 0.379. The normalized spacial score (nSPS) is 16.3. The Labute approximate surface area is 247 Å². The highest BCUT2D eigenvalue weighted by molar-refractivity contribution is 6.09. The Morgan fingerprint density at radius 1 is 1.02 bits per heavy atom. The van der Waals surface area contributed by atoms with Crippen LogP contribution in [0.15, 0.2) is 42.7 Å². The first-order valence-electron chi connectivity index (χ1n) is 14.0. The van der Waals surface area contributed by atoms with E-state index in [-0.39, 0.29) is 50.7 Å². The Bertz CT molecular complexity index is 1510. The zero-order chi connectivity index (χ0) is 30.2. The van der Waals surface area contributed by atoms with Gasteiger partial charge < -0.3 is 35.5 Å². The van der Waals surface area contributed by atoms with Gasteiger partial charge in [-0.2, -0.15) is 0 Å². The molecule has 5 rings (SSSR count). The predicted octanol–water partition coefficient (Wildman–Crippen LogP) is 0.830. The molecule has 43 heavy (non-hydrogen) atoms. The van der Waals surface area contributed by atoms with Crippen molar-refractivity contribution < 1.29 is 33.4 Å². The summed E-state index contributed by atoms with van der Waals surface area (Å²) in [6, 6.07) is 9.96. The second-order valence-electron chi connectivity index (χ2n) is 9.87. The van der Waals surface area contributed by atoms with Crippen LogP contribution >= 0.6 is 0 Å². The van der Waals surface area contributed by atoms with E-state index in [0.29, 0.717) is 49.1 Å². The van der Waals surface area contributed by atoms with E-state index in [1.165, 1.54) is 11.2 Å². The standard InChI is InChI=1S/C29H33N7O7/c30-16-43-12-11-42-10-9-41-8-7-31-27(38)20-13-18(34-26-19-3-1-2-4-23(19)32-17-33-26)14-21-22(20)15-36(29(21)40)24-5-6-25(37)35-28(24)39/h1-4,13-14,17,24H,5-12,15-16,30H2,(H,31,38)(H,32,33,34)(H,35,37,39). The summed E-state index contributed by atoms with van der Waals surface area (Å²) >= 11 is 0. The van der Waals surface area contributed by atoms with Crippen molar-refractivity contribution in [2.24, 2.45) is 5.73 Å². The lowest BCUT2D eigenvalue weighted by Gasteiger charge is -2.29. The average molecular weight is 592 g/mol. The number of aromatic nitrogens is 2. The van der Waals surface area contributed by atoms with Gasteiger partial charge in [0.15, 0.2) is 0 Å². The molecule has 4 amide bonds. The maximum absolute atomic E-state index is 13.6. The van der Waals surface area contributed by atoms with Crippen molar-refractivity contribution in [3.63, 3.8) is 0 Å². The Balaban J connectivity index is 1.32. The van der Waals surface area contributed by atoms with Gasteiger partial charge in [0, 0.05) is 41.7 Å². The molecule has 0 saturated carbocycles. The van der Waals surface area contributed by atoms with Crippen molar-refractivity contribution in [3.05, 3.63) is 59.4 Å². The van der Waals surface area contributed by atoms with Crippen LogP contribution in [-0.2, 0) is 30.3 Å². The molecular weight excluding hydrogens is 558 g/mol. The van der Waals surface area contributed by atoms with E-state index in [4.69, 9.17) is 19.9 Å².